The van der Waals surface area contributed by atoms with E-state index in [1.807, 2.05) is 25.1 Å². The Labute approximate surface area is 108 Å². The predicted octanol–water partition coefficient (Wildman–Crippen LogP) is 2.87. The summed E-state index contributed by atoms with van der Waals surface area (Å²) in [4.78, 5) is 11.6. The molecular weight excluding hydrogens is 319 g/mol. The maximum Gasteiger partial charge on any atom is 0.341 e. The van der Waals surface area contributed by atoms with Gasteiger partial charge in [-0.15, -0.1) is 0 Å². The molecule has 16 heavy (non-hydrogen) atoms. The summed E-state index contributed by atoms with van der Waals surface area (Å²) in [5.41, 5.74) is 1.41. The molecule has 2 rings (SSSR count). The lowest BCUT2D eigenvalue weighted by atomic mass is 10.1. The number of halogens is 1. The molecule has 0 radical (unpaired) electrons. The molecule has 0 spiro atoms. The van der Waals surface area contributed by atoms with Gasteiger partial charge in [0.05, 0.1) is 7.11 Å². The van der Waals surface area contributed by atoms with Crippen LogP contribution in [0, 0.1) is 3.57 Å². The van der Waals surface area contributed by atoms with Crippen molar-refractivity contribution in [3.8, 4) is 5.75 Å². The molecule has 1 aromatic rings. The maximum atomic E-state index is 11.6. The number of fused-ring (bicyclic) bond motifs is 1. The Morgan fingerprint density at radius 1 is 1.50 bits per heavy atom. The first-order valence-corrected chi connectivity index (χ1v) is 5.96. The van der Waals surface area contributed by atoms with Gasteiger partial charge in [0.1, 0.15) is 17.4 Å². The van der Waals surface area contributed by atoms with E-state index < -0.39 is 0 Å². The Hall–Kier alpha value is -1.04. The molecule has 0 aromatic heterocycles. The van der Waals surface area contributed by atoms with Crippen LogP contribution in [0.3, 0.4) is 0 Å². The van der Waals surface area contributed by atoms with Crippen LogP contribution in [0.1, 0.15) is 22.8 Å². The molecule has 1 aromatic carbocycles. The Morgan fingerprint density at radius 2 is 2.25 bits per heavy atom. The molecule has 0 N–H and O–H groups in total. The molecule has 0 amide bonds. The van der Waals surface area contributed by atoms with Crippen LogP contribution in [0.5, 0.6) is 5.75 Å². The molecule has 1 aliphatic rings. The molecule has 1 atom stereocenters. The number of benzene rings is 1. The van der Waals surface area contributed by atoms with E-state index in [0.29, 0.717) is 11.3 Å². The molecule has 0 fully saturated rings. The number of methoxy groups -OCH3 is 1. The summed E-state index contributed by atoms with van der Waals surface area (Å²) >= 11 is 2.17. The molecular formula is C12H11IO3. The maximum absolute atomic E-state index is 11.6. The molecule has 1 heterocycles. The number of ether oxygens (including phenoxy) is 2. The SMILES string of the molecule is COC(=O)c1cc(I)cc2c1OC(C)C=C2. The third-order valence-corrected chi connectivity index (χ3v) is 2.96. The van der Waals surface area contributed by atoms with Gasteiger partial charge in [-0.1, -0.05) is 6.08 Å². The second-order valence-corrected chi connectivity index (χ2v) is 4.79. The van der Waals surface area contributed by atoms with Gasteiger partial charge < -0.3 is 9.47 Å². The largest absolute Gasteiger partial charge is 0.485 e. The van der Waals surface area contributed by atoms with Gasteiger partial charge in [-0.05, 0) is 47.7 Å². The average Bonchev–Trinajstić information content (AvgIpc) is 2.27. The number of hydrogen-bond donors (Lipinski definition) is 0. The summed E-state index contributed by atoms with van der Waals surface area (Å²) in [6.07, 6.45) is 3.91. The molecule has 4 heteroatoms. The monoisotopic (exact) mass is 330 g/mol. The summed E-state index contributed by atoms with van der Waals surface area (Å²) < 4.78 is 11.4. The normalized spacial score (nSPS) is 17.6. The highest BCUT2D eigenvalue weighted by atomic mass is 127. The van der Waals surface area contributed by atoms with E-state index >= 15 is 0 Å². The van der Waals surface area contributed by atoms with Crippen LogP contribution < -0.4 is 4.74 Å². The molecule has 1 unspecified atom stereocenters. The van der Waals surface area contributed by atoms with E-state index in [1.54, 1.807) is 6.07 Å². The van der Waals surface area contributed by atoms with Crippen molar-refractivity contribution in [2.24, 2.45) is 0 Å². The van der Waals surface area contributed by atoms with Crippen LogP contribution in [0.25, 0.3) is 6.08 Å². The summed E-state index contributed by atoms with van der Waals surface area (Å²) in [7, 11) is 1.37. The van der Waals surface area contributed by atoms with Gasteiger partial charge in [-0.3, -0.25) is 0 Å². The van der Waals surface area contributed by atoms with Gasteiger partial charge in [0.25, 0.3) is 0 Å². The van der Waals surface area contributed by atoms with E-state index in [9.17, 15) is 4.79 Å². The van der Waals surface area contributed by atoms with Gasteiger partial charge in [0, 0.05) is 9.13 Å². The quantitative estimate of drug-likeness (QED) is 0.587. The number of carbonyl (C=O) groups is 1. The zero-order chi connectivity index (χ0) is 11.7. The number of hydrogen-bond acceptors (Lipinski definition) is 3. The molecule has 0 bridgehead atoms. The molecule has 3 nitrogen and oxygen atoms in total. The lowest BCUT2D eigenvalue weighted by molar-refractivity contribution is 0.0594. The second-order valence-electron chi connectivity index (χ2n) is 3.55. The van der Waals surface area contributed by atoms with Crippen molar-refractivity contribution >= 4 is 34.6 Å². The van der Waals surface area contributed by atoms with E-state index in [4.69, 9.17) is 9.47 Å². The number of carbonyl (C=O) groups excluding carboxylic acids is 1. The minimum absolute atomic E-state index is 0.0176. The molecule has 0 aliphatic carbocycles. The van der Waals surface area contributed by atoms with Gasteiger partial charge in [0.2, 0.25) is 0 Å². The topological polar surface area (TPSA) is 35.5 Å². The molecule has 0 saturated heterocycles. The Kier molecular flexibility index (Phi) is 3.18. The minimum Gasteiger partial charge on any atom is -0.485 e. The van der Waals surface area contributed by atoms with Crippen molar-refractivity contribution in [3.05, 3.63) is 32.9 Å². The second kappa shape index (κ2) is 4.45. The fraction of sp³-hybridized carbons (Fsp3) is 0.250. The lowest BCUT2D eigenvalue weighted by Crippen LogP contribution is -2.16. The van der Waals surface area contributed by atoms with Crippen LogP contribution in [0.15, 0.2) is 18.2 Å². The highest BCUT2D eigenvalue weighted by Gasteiger charge is 2.21. The van der Waals surface area contributed by atoms with Crippen LogP contribution in [-0.2, 0) is 4.74 Å². The van der Waals surface area contributed by atoms with Crippen LogP contribution in [0.4, 0.5) is 0 Å². The summed E-state index contributed by atoms with van der Waals surface area (Å²) in [5.74, 6) is 0.250. The van der Waals surface area contributed by atoms with Crippen LogP contribution in [0.2, 0.25) is 0 Å². The van der Waals surface area contributed by atoms with Crippen molar-refractivity contribution < 1.29 is 14.3 Å². The van der Waals surface area contributed by atoms with Crippen molar-refractivity contribution in [1.82, 2.24) is 0 Å². The fourth-order valence-electron chi connectivity index (χ4n) is 1.60. The highest BCUT2D eigenvalue weighted by Crippen LogP contribution is 2.32. The standard InChI is InChI=1S/C12H11IO3/c1-7-3-4-8-5-9(13)6-10(11(8)16-7)12(14)15-2/h3-7H,1-2H3. The van der Waals surface area contributed by atoms with Crippen molar-refractivity contribution in [3.63, 3.8) is 0 Å². The van der Waals surface area contributed by atoms with Crippen molar-refractivity contribution in [2.75, 3.05) is 7.11 Å². The minimum atomic E-state index is -0.364. The predicted molar refractivity (Wildman–Crippen MR) is 69.6 cm³/mol. The first kappa shape index (κ1) is 11.4. The average molecular weight is 330 g/mol. The van der Waals surface area contributed by atoms with Gasteiger partial charge in [-0.25, -0.2) is 4.79 Å². The number of rotatable bonds is 1. The number of esters is 1. The third kappa shape index (κ3) is 2.07. The zero-order valence-electron chi connectivity index (χ0n) is 8.99. The third-order valence-electron chi connectivity index (χ3n) is 2.34. The van der Waals surface area contributed by atoms with Gasteiger partial charge in [0.15, 0.2) is 0 Å². The van der Waals surface area contributed by atoms with Crippen LogP contribution in [-0.4, -0.2) is 19.2 Å². The Balaban J connectivity index is 2.57. The molecule has 0 saturated carbocycles. The summed E-state index contributed by atoms with van der Waals surface area (Å²) in [6.45, 7) is 1.93. The van der Waals surface area contributed by atoms with E-state index in [2.05, 4.69) is 22.6 Å². The molecule has 1 aliphatic heterocycles. The fourth-order valence-corrected chi connectivity index (χ4v) is 2.24. The first-order chi connectivity index (χ1) is 7.61. The van der Waals surface area contributed by atoms with Crippen molar-refractivity contribution in [1.29, 1.82) is 0 Å². The Bertz CT molecular complexity index is 466. The highest BCUT2D eigenvalue weighted by molar-refractivity contribution is 14.1. The zero-order valence-corrected chi connectivity index (χ0v) is 11.1. The molecule has 84 valence electrons. The van der Waals surface area contributed by atoms with Gasteiger partial charge >= 0.3 is 5.97 Å². The van der Waals surface area contributed by atoms with Gasteiger partial charge in [-0.2, -0.15) is 0 Å². The van der Waals surface area contributed by atoms with E-state index in [-0.39, 0.29) is 12.1 Å². The van der Waals surface area contributed by atoms with E-state index in [1.165, 1.54) is 7.11 Å². The Morgan fingerprint density at radius 3 is 2.94 bits per heavy atom. The van der Waals surface area contributed by atoms with Crippen molar-refractivity contribution in [2.45, 2.75) is 13.0 Å². The first-order valence-electron chi connectivity index (χ1n) is 4.88. The van der Waals surface area contributed by atoms with Crippen LogP contribution >= 0.6 is 22.6 Å². The summed E-state index contributed by atoms with van der Waals surface area (Å²) in [5, 5.41) is 0. The lowest BCUT2D eigenvalue weighted by Gasteiger charge is -2.20. The smallest absolute Gasteiger partial charge is 0.341 e. The summed E-state index contributed by atoms with van der Waals surface area (Å²) in [6, 6.07) is 3.75. The van der Waals surface area contributed by atoms with E-state index in [0.717, 1.165) is 9.13 Å².